The van der Waals surface area contributed by atoms with Gasteiger partial charge in [-0.25, -0.2) is 4.98 Å². The first-order valence-corrected chi connectivity index (χ1v) is 8.93. The Morgan fingerprint density at radius 3 is 2.56 bits per heavy atom. The third-order valence-electron chi connectivity index (χ3n) is 4.08. The topological polar surface area (TPSA) is 54.5 Å². The molecular formula is C21H20ClN3O2. The van der Waals surface area contributed by atoms with Crippen LogP contribution in [0.1, 0.15) is 17.3 Å². The van der Waals surface area contributed by atoms with E-state index < -0.39 is 0 Å². The van der Waals surface area contributed by atoms with Crippen molar-refractivity contribution >= 4 is 34.7 Å². The van der Waals surface area contributed by atoms with Gasteiger partial charge >= 0.3 is 0 Å². The van der Waals surface area contributed by atoms with Crippen molar-refractivity contribution in [2.24, 2.45) is 0 Å². The number of amides is 1. The molecule has 0 radical (unpaired) electrons. The molecule has 5 nitrogen and oxygen atoms in total. The predicted molar refractivity (Wildman–Crippen MR) is 109 cm³/mol. The molecule has 0 atom stereocenters. The number of halogens is 1. The lowest BCUT2D eigenvalue weighted by Crippen LogP contribution is -2.18. The SMILES string of the molecule is CCN(c1ccccc1)c1ccc(C(=O)Nc2cc(Cl)ccc2OC)cn1. The molecule has 0 unspecified atom stereocenters. The lowest BCUT2D eigenvalue weighted by atomic mass is 10.2. The fraction of sp³-hybridized carbons (Fsp3) is 0.143. The van der Waals surface area contributed by atoms with Crippen LogP contribution in [0.4, 0.5) is 17.2 Å². The lowest BCUT2D eigenvalue weighted by Gasteiger charge is -2.22. The van der Waals surface area contributed by atoms with Crippen molar-refractivity contribution in [3.05, 3.63) is 77.4 Å². The molecule has 0 saturated heterocycles. The second-order valence-corrected chi connectivity index (χ2v) is 6.22. The van der Waals surface area contributed by atoms with Crippen molar-refractivity contribution in [2.45, 2.75) is 6.92 Å². The molecule has 3 aromatic rings. The second kappa shape index (κ2) is 8.56. The Morgan fingerprint density at radius 2 is 1.93 bits per heavy atom. The summed E-state index contributed by atoms with van der Waals surface area (Å²) in [5.74, 6) is 1.04. The summed E-state index contributed by atoms with van der Waals surface area (Å²) in [5, 5.41) is 3.33. The van der Waals surface area contributed by atoms with Gasteiger partial charge in [-0.1, -0.05) is 29.8 Å². The summed E-state index contributed by atoms with van der Waals surface area (Å²) < 4.78 is 5.26. The highest BCUT2D eigenvalue weighted by molar-refractivity contribution is 6.31. The molecule has 3 rings (SSSR count). The molecule has 1 amide bonds. The Kier molecular flexibility index (Phi) is 5.94. The van der Waals surface area contributed by atoms with Gasteiger partial charge in [0.25, 0.3) is 5.91 Å². The molecule has 2 aromatic carbocycles. The maximum Gasteiger partial charge on any atom is 0.257 e. The summed E-state index contributed by atoms with van der Waals surface area (Å²) in [6.45, 7) is 2.82. The highest BCUT2D eigenvalue weighted by Gasteiger charge is 2.13. The number of nitrogens with one attached hydrogen (secondary N) is 1. The van der Waals surface area contributed by atoms with E-state index in [1.807, 2.05) is 36.4 Å². The Morgan fingerprint density at radius 1 is 1.15 bits per heavy atom. The first-order valence-electron chi connectivity index (χ1n) is 8.56. The molecule has 1 heterocycles. The number of rotatable bonds is 6. The van der Waals surface area contributed by atoms with Gasteiger partial charge in [-0.15, -0.1) is 0 Å². The van der Waals surface area contributed by atoms with Gasteiger partial charge in [0, 0.05) is 23.5 Å². The zero-order valence-electron chi connectivity index (χ0n) is 15.1. The summed E-state index contributed by atoms with van der Waals surface area (Å²) in [4.78, 5) is 19.1. The van der Waals surface area contributed by atoms with Crippen LogP contribution in [0.5, 0.6) is 5.75 Å². The average molecular weight is 382 g/mol. The standard InChI is InChI=1S/C21H20ClN3O2/c1-3-25(17-7-5-4-6-8-17)20-12-9-15(14-23-20)21(26)24-18-13-16(22)10-11-19(18)27-2/h4-14H,3H2,1-2H3,(H,24,26). The molecule has 0 bridgehead atoms. The summed E-state index contributed by atoms with van der Waals surface area (Å²) >= 11 is 6.01. The average Bonchev–Trinajstić information content (AvgIpc) is 2.70. The van der Waals surface area contributed by atoms with Crippen LogP contribution in [0.2, 0.25) is 5.02 Å². The zero-order valence-corrected chi connectivity index (χ0v) is 15.9. The fourth-order valence-electron chi connectivity index (χ4n) is 2.74. The lowest BCUT2D eigenvalue weighted by molar-refractivity contribution is 0.102. The van der Waals surface area contributed by atoms with Gasteiger partial charge in [0.15, 0.2) is 0 Å². The Bertz CT molecular complexity index is 914. The number of benzene rings is 2. The van der Waals surface area contributed by atoms with Crippen LogP contribution < -0.4 is 15.0 Å². The fourth-order valence-corrected chi connectivity index (χ4v) is 2.91. The van der Waals surface area contributed by atoms with Crippen molar-refractivity contribution in [1.82, 2.24) is 4.98 Å². The molecule has 6 heteroatoms. The van der Waals surface area contributed by atoms with Crippen LogP contribution in [0, 0.1) is 0 Å². The first kappa shape index (κ1) is 18.7. The van der Waals surface area contributed by atoms with Gasteiger partial charge in [0.1, 0.15) is 11.6 Å². The van der Waals surface area contributed by atoms with Crippen molar-refractivity contribution in [2.75, 3.05) is 23.9 Å². The molecular weight excluding hydrogens is 362 g/mol. The van der Waals surface area contributed by atoms with Gasteiger partial charge in [-0.2, -0.15) is 0 Å². The van der Waals surface area contributed by atoms with E-state index in [1.54, 1.807) is 30.5 Å². The predicted octanol–water partition coefficient (Wildman–Crippen LogP) is 5.15. The molecule has 138 valence electrons. The molecule has 1 aromatic heterocycles. The Labute approximate surface area is 163 Å². The van der Waals surface area contributed by atoms with Gasteiger partial charge in [0.2, 0.25) is 0 Å². The number of aromatic nitrogens is 1. The summed E-state index contributed by atoms with van der Waals surface area (Å²) in [7, 11) is 1.54. The highest BCUT2D eigenvalue weighted by atomic mass is 35.5. The number of hydrogen-bond donors (Lipinski definition) is 1. The van der Waals surface area contributed by atoms with Crippen molar-refractivity contribution < 1.29 is 9.53 Å². The van der Waals surface area contributed by atoms with Crippen LogP contribution in [-0.4, -0.2) is 24.5 Å². The number of hydrogen-bond acceptors (Lipinski definition) is 4. The third kappa shape index (κ3) is 4.38. The minimum Gasteiger partial charge on any atom is -0.495 e. The molecule has 0 spiro atoms. The Hall–Kier alpha value is -3.05. The summed E-state index contributed by atoms with van der Waals surface area (Å²) in [6.07, 6.45) is 1.56. The van der Waals surface area contributed by atoms with E-state index in [9.17, 15) is 4.79 Å². The monoisotopic (exact) mass is 381 g/mol. The minimum absolute atomic E-state index is 0.280. The first-order chi connectivity index (χ1) is 13.1. The van der Waals surface area contributed by atoms with Gasteiger partial charge < -0.3 is 15.0 Å². The molecule has 0 aliphatic rings. The molecule has 27 heavy (non-hydrogen) atoms. The van der Waals surface area contributed by atoms with E-state index in [4.69, 9.17) is 16.3 Å². The van der Waals surface area contributed by atoms with Crippen molar-refractivity contribution in [1.29, 1.82) is 0 Å². The summed E-state index contributed by atoms with van der Waals surface area (Å²) in [6, 6.07) is 18.6. The molecule has 1 N–H and O–H groups in total. The quantitative estimate of drug-likeness (QED) is 0.641. The van der Waals surface area contributed by atoms with E-state index in [0.29, 0.717) is 22.0 Å². The van der Waals surface area contributed by atoms with Crippen molar-refractivity contribution in [3.63, 3.8) is 0 Å². The van der Waals surface area contributed by atoms with E-state index in [1.165, 1.54) is 7.11 Å². The number of methoxy groups -OCH3 is 1. The number of anilines is 3. The highest BCUT2D eigenvalue weighted by Crippen LogP contribution is 2.28. The normalized spacial score (nSPS) is 10.3. The molecule has 0 fully saturated rings. The summed E-state index contributed by atoms with van der Waals surface area (Å²) in [5.41, 5.74) is 2.01. The minimum atomic E-state index is -0.280. The maximum absolute atomic E-state index is 12.6. The number of carbonyl (C=O) groups excluding carboxylic acids is 1. The van der Waals surface area contributed by atoms with Crippen LogP contribution in [0.15, 0.2) is 66.9 Å². The van der Waals surface area contributed by atoms with Crippen LogP contribution in [0.25, 0.3) is 0 Å². The number of ether oxygens (including phenoxy) is 1. The molecule has 0 aliphatic heterocycles. The number of nitrogens with zero attached hydrogens (tertiary/aromatic N) is 2. The van der Waals surface area contributed by atoms with Gasteiger partial charge in [-0.05, 0) is 49.4 Å². The second-order valence-electron chi connectivity index (χ2n) is 5.78. The van der Waals surface area contributed by atoms with E-state index in [-0.39, 0.29) is 5.91 Å². The number of carbonyl (C=O) groups is 1. The third-order valence-corrected chi connectivity index (χ3v) is 4.32. The van der Waals surface area contributed by atoms with E-state index >= 15 is 0 Å². The molecule has 0 saturated carbocycles. The largest absolute Gasteiger partial charge is 0.495 e. The van der Waals surface area contributed by atoms with Crippen LogP contribution >= 0.6 is 11.6 Å². The Balaban J connectivity index is 1.79. The molecule has 0 aliphatic carbocycles. The van der Waals surface area contributed by atoms with Gasteiger partial charge in [-0.3, -0.25) is 4.79 Å². The van der Waals surface area contributed by atoms with Gasteiger partial charge in [0.05, 0.1) is 18.4 Å². The maximum atomic E-state index is 12.6. The number of para-hydroxylation sites is 1. The van der Waals surface area contributed by atoms with E-state index in [0.717, 1.165) is 18.1 Å². The van der Waals surface area contributed by atoms with Crippen molar-refractivity contribution in [3.8, 4) is 5.75 Å². The van der Waals surface area contributed by atoms with Crippen LogP contribution in [0.3, 0.4) is 0 Å². The van der Waals surface area contributed by atoms with E-state index in [2.05, 4.69) is 22.1 Å². The smallest absolute Gasteiger partial charge is 0.257 e. The van der Waals surface area contributed by atoms with Crippen LogP contribution in [-0.2, 0) is 0 Å². The zero-order chi connectivity index (χ0) is 19.2. The number of pyridine rings is 1.